The van der Waals surface area contributed by atoms with E-state index in [1.54, 1.807) is 18.2 Å². The van der Waals surface area contributed by atoms with E-state index in [1.165, 1.54) is 24.3 Å². The Morgan fingerprint density at radius 2 is 1.38 bits per heavy atom. The molecule has 0 aromatic heterocycles. The van der Waals surface area contributed by atoms with Gasteiger partial charge in [-0.05, 0) is 53.8 Å². The first kappa shape index (κ1) is 41.2. The minimum atomic E-state index is -1.89. The minimum absolute atomic E-state index is 0.0716. The van der Waals surface area contributed by atoms with Gasteiger partial charge in [0.25, 0.3) is 0 Å². The molecule has 1 aliphatic carbocycles. The highest BCUT2D eigenvalue weighted by atomic mass is 16.4. The largest absolute Gasteiger partial charge is 0.507 e. The van der Waals surface area contributed by atoms with Crippen molar-refractivity contribution in [2.45, 2.75) is 81.3 Å². The molecule has 0 unspecified atom stereocenters. The molecule has 0 spiro atoms. The van der Waals surface area contributed by atoms with Crippen LogP contribution >= 0.6 is 0 Å². The molecule has 5 amide bonds. The number of nitrogens with one attached hydrogen (secondary N) is 4. The zero-order valence-corrected chi connectivity index (χ0v) is 29.7. The van der Waals surface area contributed by atoms with Gasteiger partial charge in [-0.25, -0.2) is 4.79 Å². The van der Waals surface area contributed by atoms with E-state index >= 15 is 0 Å². The summed E-state index contributed by atoms with van der Waals surface area (Å²) in [6.45, 7) is 0.167. The van der Waals surface area contributed by atoms with Gasteiger partial charge in [0.05, 0.1) is 6.42 Å². The number of fused-ring (bicyclic) bond motifs is 1. The number of carbonyl (C=O) groups is 8. The van der Waals surface area contributed by atoms with Crippen molar-refractivity contribution in [3.05, 3.63) is 77.4 Å². The average Bonchev–Trinajstić information content (AvgIpc) is 3.13. The number of benzene rings is 3. The SMILES string of the molecule is NC(=O)C[C@H](NC(=O)C1(NC(=O)[C@H](Cc2ccc(C(C(=O)O)C(=O)O)cc2)NC(=O)C(=O)O)CCCCC1)C(=O)NCCCc1cccc2c(O)cccc12. The lowest BCUT2D eigenvalue weighted by Gasteiger charge is -2.38. The van der Waals surface area contributed by atoms with Gasteiger partial charge in [-0.15, -0.1) is 0 Å². The van der Waals surface area contributed by atoms with E-state index in [-0.39, 0.29) is 37.1 Å². The van der Waals surface area contributed by atoms with Crippen molar-refractivity contribution in [2.24, 2.45) is 5.73 Å². The van der Waals surface area contributed by atoms with Crippen molar-refractivity contribution in [1.82, 2.24) is 21.3 Å². The molecule has 0 bridgehead atoms. The van der Waals surface area contributed by atoms with Crippen LogP contribution in [0.15, 0.2) is 60.7 Å². The second-order valence-corrected chi connectivity index (χ2v) is 13.4. The molecule has 0 saturated heterocycles. The first-order chi connectivity index (χ1) is 26.1. The van der Waals surface area contributed by atoms with Gasteiger partial charge in [-0.1, -0.05) is 73.9 Å². The topological polar surface area (TPSA) is 292 Å². The van der Waals surface area contributed by atoms with E-state index in [2.05, 4.69) is 21.3 Å². The summed E-state index contributed by atoms with van der Waals surface area (Å²) in [4.78, 5) is 99.6. The van der Waals surface area contributed by atoms with Crippen LogP contribution in [0.4, 0.5) is 0 Å². The summed E-state index contributed by atoms with van der Waals surface area (Å²) >= 11 is 0. The lowest BCUT2D eigenvalue weighted by Crippen LogP contribution is -2.65. The number of nitrogens with two attached hydrogens (primary N) is 1. The lowest BCUT2D eigenvalue weighted by molar-refractivity contribution is -0.151. The molecule has 1 saturated carbocycles. The van der Waals surface area contributed by atoms with Gasteiger partial charge >= 0.3 is 23.8 Å². The van der Waals surface area contributed by atoms with Crippen LogP contribution in [0.2, 0.25) is 0 Å². The first-order valence-electron chi connectivity index (χ1n) is 17.6. The molecule has 1 aliphatic rings. The maximum Gasteiger partial charge on any atom is 0.394 e. The minimum Gasteiger partial charge on any atom is -0.507 e. The van der Waals surface area contributed by atoms with Gasteiger partial charge in [0.15, 0.2) is 5.92 Å². The predicted molar refractivity (Wildman–Crippen MR) is 194 cm³/mol. The molecule has 0 radical (unpaired) electrons. The quantitative estimate of drug-likeness (QED) is 0.0526. The summed E-state index contributed by atoms with van der Waals surface area (Å²) < 4.78 is 0. The molecule has 3 aromatic carbocycles. The number of phenolic OH excluding ortho intramolecular Hbond substituents is 1. The Labute approximate surface area is 314 Å². The standard InChI is InChI=1S/C38H43N5O12/c39-29(45)20-27(31(46)40-18-6-8-22-7-4-10-25-24(22)9-5-11-28(25)44)42-37(55)38(16-2-1-3-17-38)43-32(47)26(41-33(48)36(53)54)19-21-12-14-23(15-13-21)30(34(49)50)35(51)52/h4-5,7,9-15,26-27,30,44H,1-3,6,8,16-20H2,(H2,39,45)(H,40,46)(H,41,48)(H,42,55)(H,43,47)(H,49,50)(H,51,52)(H,53,54)/t26-,27-/m0/s1. The van der Waals surface area contributed by atoms with Crippen molar-refractivity contribution in [3.63, 3.8) is 0 Å². The molecule has 0 heterocycles. The predicted octanol–water partition coefficient (Wildman–Crippen LogP) is 0.838. The number of aliphatic carboxylic acids is 3. The maximum atomic E-state index is 14.0. The van der Waals surface area contributed by atoms with Gasteiger partial charge in [0.1, 0.15) is 23.4 Å². The summed E-state index contributed by atoms with van der Waals surface area (Å²) in [5.41, 5.74) is 4.97. The van der Waals surface area contributed by atoms with Crippen molar-refractivity contribution < 1.29 is 58.8 Å². The lowest BCUT2D eigenvalue weighted by atomic mass is 9.80. The first-order valence-corrected chi connectivity index (χ1v) is 17.6. The van der Waals surface area contributed by atoms with Crippen LogP contribution in [0.5, 0.6) is 5.75 Å². The van der Waals surface area contributed by atoms with Gasteiger partial charge in [0.2, 0.25) is 23.6 Å². The molecule has 4 rings (SSSR count). The van der Waals surface area contributed by atoms with E-state index in [0.29, 0.717) is 43.1 Å². The second-order valence-electron chi connectivity index (χ2n) is 13.4. The molecule has 292 valence electrons. The van der Waals surface area contributed by atoms with E-state index in [9.17, 15) is 58.8 Å². The highest BCUT2D eigenvalue weighted by molar-refractivity contribution is 6.32. The number of aryl methyl sites for hydroxylation is 1. The molecule has 1 fully saturated rings. The van der Waals surface area contributed by atoms with Crippen LogP contribution < -0.4 is 27.0 Å². The van der Waals surface area contributed by atoms with Crippen molar-refractivity contribution in [2.75, 3.05) is 6.54 Å². The number of primary amides is 1. The number of rotatable bonds is 17. The third kappa shape index (κ3) is 10.8. The smallest absolute Gasteiger partial charge is 0.394 e. The highest BCUT2D eigenvalue weighted by Crippen LogP contribution is 2.30. The van der Waals surface area contributed by atoms with Crippen LogP contribution in [0.25, 0.3) is 10.8 Å². The fraction of sp³-hybridized carbons (Fsp3) is 0.368. The highest BCUT2D eigenvalue weighted by Gasteiger charge is 2.44. The summed E-state index contributed by atoms with van der Waals surface area (Å²) in [7, 11) is 0. The van der Waals surface area contributed by atoms with Gasteiger partial charge in [0, 0.05) is 18.4 Å². The van der Waals surface area contributed by atoms with E-state index in [1.807, 2.05) is 18.2 Å². The number of carboxylic acid groups (broad SMARTS) is 3. The van der Waals surface area contributed by atoms with Crippen molar-refractivity contribution >= 4 is 58.2 Å². The monoisotopic (exact) mass is 761 g/mol. The molecular weight excluding hydrogens is 718 g/mol. The normalized spacial score (nSPS) is 14.6. The van der Waals surface area contributed by atoms with Gasteiger partial charge < -0.3 is 47.4 Å². The van der Waals surface area contributed by atoms with E-state index in [0.717, 1.165) is 10.9 Å². The molecule has 17 nitrogen and oxygen atoms in total. The Kier molecular flexibility index (Phi) is 13.9. The van der Waals surface area contributed by atoms with Gasteiger partial charge in [-0.2, -0.15) is 0 Å². The van der Waals surface area contributed by atoms with E-state index in [4.69, 9.17) is 5.73 Å². The number of hydrogen-bond donors (Lipinski definition) is 9. The van der Waals surface area contributed by atoms with Crippen LogP contribution in [-0.4, -0.2) is 92.0 Å². The van der Waals surface area contributed by atoms with Crippen LogP contribution in [0.1, 0.15) is 67.6 Å². The number of carbonyl (C=O) groups excluding carboxylic acids is 5. The molecule has 2 atom stereocenters. The Balaban J connectivity index is 1.48. The Hall–Kier alpha value is -6.52. The van der Waals surface area contributed by atoms with E-state index < -0.39 is 77.4 Å². The summed E-state index contributed by atoms with van der Waals surface area (Å²) in [6.07, 6.45) is 2.02. The molecule has 10 N–H and O–H groups in total. The van der Waals surface area contributed by atoms with Gasteiger partial charge in [-0.3, -0.25) is 33.6 Å². The van der Waals surface area contributed by atoms with Crippen molar-refractivity contribution in [3.8, 4) is 5.75 Å². The number of hydrogen-bond acceptors (Lipinski definition) is 9. The van der Waals surface area contributed by atoms with Crippen molar-refractivity contribution in [1.29, 1.82) is 0 Å². The summed E-state index contributed by atoms with van der Waals surface area (Å²) in [5.74, 6) is -11.6. The molecule has 17 heteroatoms. The average molecular weight is 762 g/mol. The molecule has 3 aromatic rings. The number of phenols is 1. The zero-order valence-electron chi connectivity index (χ0n) is 29.7. The summed E-state index contributed by atoms with van der Waals surface area (Å²) in [5, 5.41) is 49.6. The Morgan fingerprint density at radius 1 is 0.745 bits per heavy atom. The molecular formula is C38H43N5O12. The number of carboxylic acids is 3. The third-order valence-corrected chi connectivity index (χ3v) is 9.51. The Bertz CT molecular complexity index is 1940. The Morgan fingerprint density at radius 3 is 2.00 bits per heavy atom. The molecule has 55 heavy (non-hydrogen) atoms. The van der Waals surface area contributed by atoms with Crippen LogP contribution in [0.3, 0.4) is 0 Å². The zero-order chi connectivity index (χ0) is 40.3. The molecule has 0 aliphatic heterocycles. The fourth-order valence-corrected chi connectivity index (χ4v) is 6.69. The number of aromatic hydroxyl groups is 1. The maximum absolute atomic E-state index is 14.0. The number of amides is 5. The fourth-order valence-electron chi connectivity index (χ4n) is 6.69. The second kappa shape index (κ2) is 18.5. The third-order valence-electron chi connectivity index (χ3n) is 9.51. The van der Waals surface area contributed by atoms with Crippen LogP contribution in [-0.2, 0) is 51.2 Å². The van der Waals surface area contributed by atoms with Crippen LogP contribution in [0, 0.1) is 0 Å². The summed E-state index contributed by atoms with van der Waals surface area (Å²) in [6, 6.07) is 12.8.